The maximum absolute atomic E-state index is 12.0. The molecule has 1 fully saturated rings. The van der Waals surface area contributed by atoms with E-state index in [0.29, 0.717) is 6.54 Å². The van der Waals surface area contributed by atoms with Crippen LogP contribution < -0.4 is 4.72 Å². The molecule has 0 saturated heterocycles. The van der Waals surface area contributed by atoms with Crippen molar-refractivity contribution in [2.45, 2.75) is 44.4 Å². The SMILES string of the molecule is Cc1cccc(C2(CNS(=O)(=O)N(C)C)CCCCC2)c1. The Kier molecular flexibility index (Phi) is 5.07. The largest absolute Gasteiger partial charge is 0.278 e. The molecule has 0 aromatic heterocycles. The van der Waals surface area contributed by atoms with Gasteiger partial charge < -0.3 is 0 Å². The van der Waals surface area contributed by atoms with Gasteiger partial charge in [-0.05, 0) is 25.3 Å². The predicted octanol–water partition coefficient (Wildman–Crippen LogP) is 2.59. The molecule has 0 spiro atoms. The molecule has 1 aromatic rings. The van der Waals surface area contributed by atoms with Gasteiger partial charge in [0.15, 0.2) is 0 Å². The average molecular weight is 310 g/mol. The third kappa shape index (κ3) is 3.84. The summed E-state index contributed by atoms with van der Waals surface area (Å²) in [6.45, 7) is 2.57. The van der Waals surface area contributed by atoms with Crippen LogP contribution in [0.4, 0.5) is 0 Å². The highest BCUT2D eigenvalue weighted by Crippen LogP contribution is 2.39. The van der Waals surface area contributed by atoms with E-state index in [2.05, 4.69) is 35.9 Å². The molecule has 0 unspecified atom stereocenters. The molecule has 0 amide bonds. The van der Waals surface area contributed by atoms with Crippen LogP contribution >= 0.6 is 0 Å². The minimum absolute atomic E-state index is 0.0622. The van der Waals surface area contributed by atoms with Gasteiger partial charge in [0.05, 0.1) is 0 Å². The van der Waals surface area contributed by atoms with E-state index in [1.807, 2.05) is 0 Å². The molecule has 1 aliphatic carbocycles. The van der Waals surface area contributed by atoms with Crippen molar-refractivity contribution >= 4 is 10.2 Å². The summed E-state index contributed by atoms with van der Waals surface area (Å²) in [4.78, 5) is 0. The second kappa shape index (κ2) is 6.46. The summed E-state index contributed by atoms with van der Waals surface area (Å²) in [7, 11) is -0.254. The quantitative estimate of drug-likeness (QED) is 0.909. The smallest absolute Gasteiger partial charge is 0.201 e. The van der Waals surface area contributed by atoms with E-state index in [1.165, 1.54) is 21.9 Å². The Bertz CT molecular complexity index is 576. The Morgan fingerprint density at radius 2 is 1.86 bits per heavy atom. The third-order valence-electron chi connectivity index (χ3n) is 4.51. The maximum Gasteiger partial charge on any atom is 0.278 e. The maximum atomic E-state index is 12.0. The molecule has 118 valence electrons. The van der Waals surface area contributed by atoms with Crippen molar-refractivity contribution in [2.24, 2.45) is 0 Å². The summed E-state index contributed by atoms with van der Waals surface area (Å²) in [6.07, 6.45) is 5.67. The highest BCUT2D eigenvalue weighted by Gasteiger charge is 2.35. The molecular weight excluding hydrogens is 284 g/mol. The Labute approximate surface area is 128 Å². The Morgan fingerprint density at radius 3 is 2.43 bits per heavy atom. The van der Waals surface area contributed by atoms with E-state index in [9.17, 15) is 8.42 Å². The van der Waals surface area contributed by atoms with Gasteiger partial charge in [-0.2, -0.15) is 12.7 Å². The second-order valence-corrected chi connectivity index (χ2v) is 8.29. The first-order chi connectivity index (χ1) is 9.86. The van der Waals surface area contributed by atoms with E-state index >= 15 is 0 Å². The molecule has 4 nitrogen and oxygen atoms in total. The topological polar surface area (TPSA) is 49.4 Å². The van der Waals surface area contributed by atoms with Crippen LogP contribution in [0, 0.1) is 6.92 Å². The number of benzene rings is 1. The molecule has 1 aromatic carbocycles. The monoisotopic (exact) mass is 310 g/mol. The van der Waals surface area contributed by atoms with Crippen molar-refractivity contribution in [1.82, 2.24) is 9.03 Å². The van der Waals surface area contributed by atoms with Crippen molar-refractivity contribution in [1.29, 1.82) is 0 Å². The first-order valence-electron chi connectivity index (χ1n) is 7.60. The fourth-order valence-electron chi connectivity index (χ4n) is 3.13. The highest BCUT2D eigenvalue weighted by molar-refractivity contribution is 7.87. The lowest BCUT2D eigenvalue weighted by Gasteiger charge is -2.38. The van der Waals surface area contributed by atoms with Crippen molar-refractivity contribution in [3.8, 4) is 0 Å². The van der Waals surface area contributed by atoms with E-state index in [-0.39, 0.29) is 5.41 Å². The van der Waals surface area contributed by atoms with Crippen LogP contribution in [0.5, 0.6) is 0 Å². The van der Waals surface area contributed by atoms with E-state index in [1.54, 1.807) is 14.1 Å². The zero-order chi connectivity index (χ0) is 15.5. The van der Waals surface area contributed by atoms with Crippen LogP contribution in [0.3, 0.4) is 0 Å². The minimum atomic E-state index is -3.37. The summed E-state index contributed by atoms with van der Waals surface area (Å²) in [5, 5.41) is 0. The third-order valence-corrected chi connectivity index (χ3v) is 5.99. The van der Waals surface area contributed by atoms with Crippen molar-refractivity contribution in [3.63, 3.8) is 0 Å². The van der Waals surface area contributed by atoms with Crippen LogP contribution in [-0.2, 0) is 15.6 Å². The molecule has 0 aliphatic heterocycles. The Hall–Kier alpha value is -0.910. The van der Waals surface area contributed by atoms with Crippen LogP contribution in [0.25, 0.3) is 0 Å². The first-order valence-corrected chi connectivity index (χ1v) is 9.04. The zero-order valence-corrected chi connectivity index (χ0v) is 14.0. The summed E-state index contributed by atoms with van der Waals surface area (Å²) in [5.74, 6) is 0. The predicted molar refractivity (Wildman–Crippen MR) is 86.6 cm³/mol. The molecule has 1 saturated carbocycles. The van der Waals surface area contributed by atoms with E-state index < -0.39 is 10.2 Å². The summed E-state index contributed by atoms with van der Waals surface area (Å²) < 4.78 is 28.1. The minimum Gasteiger partial charge on any atom is -0.201 e. The van der Waals surface area contributed by atoms with Crippen molar-refractivity contribution in [2.75, 3.05) is 20.6 Å². The first kappa shape index (κ1) is 16.5. The Balaban J connectivity index is 2.26. The van der Waals surface area contributed by atoms with Gasteiger partial charge in [-0.25, -0.2) is 4.72 Å². The summed E-state index contributed by atoms with van der Waals surface area (Å²) in [5.41, 5.74) is 2.43. The number of rotatable bonds is 5. The van der Waals surface area contributed by atoms with E-state index in [4.69, 9.17) is 0 Å². The van der Waals surface area contributed by atoms with Gasteiger partial charge in [-0.15, -0.1) is 0 Å². The summed E-state index contributed by atoms with van der Waals surface area (Å²) >= 11 is 0. The van der Waals surface area contributed by atoms with Crippen LogP contribution in [0.2, 0.25) is 0 Å². The van der Waals surface area contributed by atoms with Gasteiger partial charge in [0.1, 0.15) is 0 Å². The highest BCUT2D eigenvalue weighted by atomic mass is 32.2. The molecule has 2 rings (SSSR count). The fraction of sp³-hybridized carbons (Fsp3) is 0.625. The number of nitrogens with zero attached hydrogens (tertiary/aromatic N) is 1. The second-order valence-electron chi connectivity index (χ2n) is 6.32. The van der Waals surface area contributed by atoms with Gasteiger partial charge >= 0.3 is 0 Å². The molecular formula is C16H26N2O2S. The molecule has 0 atom stereocenters. The van der Waals surface area contributed by atoms with Gasteiger partial charge in [0.25, 0.3) is 10.2 Å². The molecule has 0 heterocycles. The van der Waals surface area contributed by atoms with E-state index in [0.717, 1.165) is 25.7 Å². The molecule has 0 radical (unpaired) electrons. The number of nitrogens with one attached hydrogen (secondary N) is 1. The molecule has 5 heteroatoms. The standard InChI is InChI=1S/C16H26N2O2S/c1-14-8-7-9-15(12-14)16(10-5-4-6-11-16)13-17-21(19,20)18(2)3/h7-9,12,17H,4-6,10-11,13H2,1-3H3. The normalized spacial score (nSPS) is 18.9. The number of hydrogen-bond acceptors (Lipinski definition) is 2. The van der Waals surface area contributed by atoms with Gasteiger partial charge in [0, 0.05) is 26.1 Å². The fourth-order valence-corrected chi connectivity index (χ4v) is 3.85. The lowest BCUT2D eigenvalue weighted by atomic mass is 9.69. The Morgan fingerprint density at radius 1 is 1.19 bits per heavy atom. The molecule has 0 bridgehead atoms. The van der Waals surface area contributed by atoms with Gasteiger partial charge in [-0.3, -0.25) is 0 Å². The molecule has 1 N–H and O–H groups in total. The van der Waals surface area contributed by atoms with Gasteiger partial charge in [-0.1, -0.05) is 49.1 Å². The molecule has 1 aliphatic rings. The lowest BCUT2D eigenvalue weighted by Crippen LogP contribution is -2.45. The van der Waals surface area contributed by atoms with Gasteiger partial charge in [0.2, 0.25) is 0 Å². The lowest BCUT2D eigenvalue weighted by molar-refractivity contribution is 0.291. The van der Waals surface area contributed by atoms with Crippen LogP contribution in [-0.4, -0.2) is 33.4 Å². The number of aryl methyl sites for hydroxylation is 1. The van der Waals surface area contributed by atoms with Crippen molar-refractivity contribution in [3.05, 3.63) is 35.4 Å². The number of hydrogen-bond donors (Lipinski definition) is 1. The average Bonchev–Trinajstić information content (AvgIpc) is 2.46. The zero-order valence-electron chi connectivity index (χ0n) is 13.2. The van der Waals surface area contributed by atoms with Crippen molar-refractivity contribution < 1.29 is 8.42 Å². The van der Waals surface area contributed by atoms with Crippen LogP contribution in [0.1, 0.15) is 43.2 Å². The summed E-state index contributed by atoms with van der Waals surface area (Å²) in [6, 6.07) is 8.50. The molecule has 21 heavy (non-hydrogen) atoms. The van der Waals surface area contributed by atoms with Crippen LogP contribution in [0.15, 0.2) is 24.3 Å².